The molecule has 0 aromatic heterocycles. The Bertz CT molecular complexity index is 621. The number of hydrogen-bond donors (Lipinski definition) is 1. The van der Waals surface area contributed by atoms with Gasteiger partial charge in [-0.2, -0.15) is 5.26 Å². The summed E-state index contributed by atoms with van der Waals surface area (Å²) in [5.41, 5.74) is 1.67. The summed E-state index contributed by atoms with van der Waals surface area (Å²) >= 11 is 0. The SMILES string of the molecule is C[C@H](NC(=O)N1CCC[C@H]2CN(C)CC[C@@H]21)c1ccc(C#N)cc1. The van der Waals surface area contributed by atoms with Crippen LogP contribution in [0.3, 0.4) is 0 Å². The van der Waals surface area contributed by atoms with Crippen LogP contribution in [0.15, 0.2) is 24.3 Å². The van der Waals surface area contributed by atoms with Gasteiger partial charge in [-0.05, 0) is 63.4 Å². The molecule has 128 valence electrons. The second-order valence-electron chi connectivity index (χ2n) is 7.12. The van der Waals surface area contributed by atoms with E-state index in [9.17, 15) is 4.79 Å². The number of carbonyl (C=O) groups is 1. The minimum Gasteiger partial charge on any atom is -0.331 e. The lowest BCUT2D eigenvalue weighted by Crippen LogP contribution is -2.57. The predicted molar refractivity (Wildman–Crippen MR) is 93.4 cm³/mol. The zero-order chi connectivity index (χ0) is 17.1. The zero-order valence-electron chi connectivity index (χ0n) is 14.5. The lowest BCUT2D eigenvalue weighted by Gasteiger charge is -2.46. The van der Waals surface area contributed by atoms with Crippen molar-refractivity contribution in [2.75, 3.05) is 26.7 Å². The third-order valence-electron chi connectivity index (χ3n) is 5.41. The van der Waals surface area contributed by atoms with Crippen LogP contribution in [-0.4, -0.2) is 48.6 Å². The van der Waals surface area contributed by atoms with E-state index in [0.29, 0.717) is 17.5 Å². The second kappa shape index (κ2) is 7.23. The highest BCUT2D eigenvalue weighted by molar-refractivity contribution is 5.75. The Morgan fingerprint density at radius 1 is 1.29 bits per heavy atom. The number of benzene rings is 1. The number of amides is 2. The van der Waals surface area contributed by atoms with Crippen molar-refractivity contribution < 1.29 is 4.79 Å². The molecule has 2 fully saturated rings. The first kappa shape index (κ1) is 16.8. The molecule has 0 radical (unpaired) electrons. The van der Waals surface area contributed by atoms with E-state index in [0.717, 1.165) is 38.0 Å². The topological polar surface area (TPSA) is 59.4 Å². The van der Waals surface area contributed by atoms with Gasteiger partial charge in [-0.3, -0.25) is 0 Å². The molecule has 0 spiro atoms. The number of nitrogens with one attached hydrogen (secondary N) is 1. The second-order valence-corrected chi connectivity index (χ2v) is 7.12. The normalized spacial score (nSPS) is 25.5. The molecule has 3 rings (SSSR count). The van der Waals surface area contributed by atoms with Crippen molar-refractivity contribution in [3.05, 3.63) is 35.4 Å². The molecule has 0 unspecified atom stereocenters. The molecular weight excluding hydrogens is 300 g/mol. The van der Waals surface area contributed by atoms with Gasteiger partial charge in [-0.25, -0.2) is 4.79 Å². The number of rotatable bonds is 2. The number of urea groups is 1. The van der Waals surface area contributed by atoms with Crippen molar-refractivity contribution in [3.8, 4) is 6.07 Å². The molecule has 1 N–H and O–H groups in total. The van der Waals surface area contributed by atoms with Crippen molar-refractivity contribution in [2.24, 2.45) is 5.92 Å². The smallest absolute Gasteiger partial charge is 0.318 e. The monoisotopic (exact) mass is 326 g/mol. The lowest BCUT2D eigenvalue weighted by molar-refractivity contribution is 0.0525. The van der Waals surface area contributed by atoms with Gasteiger partial charge in [0.15, 0.2) is 0 Å². The van der Waals surface area contributed by atoms with E-state index in [4.69, 9.17) is 5.26 Å². The standard InChI is InChI=1S/C19H26N4O/c1-14(16-7-5-15(12-20)6-8-16)21-19(24)23-10-3-4-17-13-22(2)11-9-18(17)23/h5-8,14,17-18H,3-4,9-11,13H2,1-2H3,(H,21,24)/t14-,17-,18-/m0/s1. The first-order chi connectivity index (χ1) is 11.6. The van der Waals surface area contributed by atoms with Gasteiger partial charge in [-0.15, -0.1) is 0 Å². The van der Waals surface area contributed by atoms with Crippen molar-refractivity contribution >= 4 is 6.03 Å². The predicted octanol–water partition coefficient (Wildman–Crippen LogP) is 2.74. The van der Waals surface area contributed by atoms with E-state index in [-0.39, 0.29) is 12.1 Å². The minimum absolute atomic E-state index is 0.0473. The highest BCUT2D eigenvalue weighted by atomic mass is 16.2. The summed E-state index contributed by atoms with van der Waals surface area (Å²) in [6, 6.07) is 9.91. The fourth-order valence-corrected chi connectivity index (χ4v) is 4.04. The minimum atomic E-state index is -0.0584. The molecule has 3 atom stereocenters. The summed E-state index contributed by atoms with van der Waals surface area (Å²) < 4.78 is 0. The quantitative estimate of drug-likeness (QED) is 0.909. The van der Waals surface area contributed by atoms with Gasteiger partial charge in [0.25, 0.3) is 0 Å². The average Bonchev–Trinajstić information content (AvgIpc) is 2.60. The Labute approximate surface area is 144 Å². The van der Waals surface area contributed by atoms with Crippen LogP contribution in [-0.2, 0) is 0 Å². The number of nitrogens with zero attached hydrogens (tertiary/aromatic N) is 3. The van der Waals surface area contributed by atoms with Crippen LogP contribution in [0.2, 0.25) is 0 Å². The van der Waals surface area contributed by atoms with Crippen LogP contribution >= 0.6 is 0 Å². The van der Waals surface area contributed by atoms with E-state index < -0.39 is 0 Å². The molecule has 2 aliphatic heterocycles. The number of carbonyl (C=O) groups excluding carboxylic acids is 1. The maximum absolute atomic E-state index is 12.8. The number of hydrogen-bond acceptors (Lipinski definition) is 3. The van der Waals surface area contributed by atoms with Gasteiger partial charge in [0, 0.05) is 19.1 Å². The summed E-state index contributed by atoms with van der Waals surface area (Å²) in [7, 11) is 2.17. The Morgan fingerprint density at radius 2 is 2.04 bits per heavy atom. The van der Waals surface area contributed by atoms with Crippen molar-refractivity contribution in [2.45, 2.75) is 38.3 Å². The van der Waals surface area contributed by atoms with Crippen molar-refractivity contribution in [1.29, 1.82) is 5.26 Å². The number of fused-ring (bicyclic) bond motifs is 1. The fourth-order valence-electron chi connectivity index (χ4n) is 4.04. The molecule has 0 aliphatic carbocycles. The Hall–Kier alpha value is -2.06. The van der Waals surface area contributed by atoms with Crippen LogP contribution in [0.1, 0.15) is 43.4 Å². The lowest BCUT2D eigenvalue weighted by atomic mass is 9.84. The third-order valence-corrected chi connectivity index (χ3v) is 5.41. The maximum Gasteiger partial charge on any atom is 0.318 e. The molecule has 0 bridgehead atoms. The molecule has 1 aromatic rings. The summed E-state index contributed by atoms with van der Waals surface area (Å²) in [6.07, 6.45) is 3.39. The summed E-state index contributed by atoms with van der Waals surface area (Å²) in [5.74, 6) is 0.605. The van der Waals surface area contributed by atoms with Crippen LogP contribution in [0.25, 0.3) is 0 Å². The fraction of sp³-hybridized carbons (Fsp3) is 0.579. The van der Waals surface area contributed by atoms with Crippen molar-refractivity contribution in [1.82, 2.24) is 15.1 Å². The zero-order valence-corrected chi connectivity index (χ0v) is 14.5. The highest BCUT2D eigenvalue weighted by Crippen LogP contribution is 2.30. The molecule has 5 heteroatoms. The molecule has 24 heavy (non-hydrogen) atoms. The molecule has 5 nitrogen and oxygen atoms in total. The Kier molecular flexibility index (Phi) is 5.06. The Morgan fingerprint density at radius 3 is 2.75 bits per heavy atom. The van der Waals surface area contributed by atoms with Gasteiger partial charge in [-0.1, -0.05) is 12.1 Å². The number of piperidine rings is 2. The van der Waals surface area contributed by atoms with E-state index in [1.165, 1.54) is 6.42 Å². The van der Waals surface area contributed by atoms with Gasteiger partial charge in [0.05, 0.1) is 17.7 Å². The van der Waals surface area contributed by atoms with Crippen LogP contribution in [0, 0.1) is 17.2 Å². The third kappa shape index (κ3) is 3.54. The molecule has 1 aromatic carbocycles. The van der Waals surface area contributed by atoms with Gasteiger partial charge >= 0.3 is 6.03 Å². The first-order valence-corrected chi connectivity index (χ1v) is 8.84. The van der Waals surface area contributed by atoms with Crippen molar-refractivity contribution in [3.63, 3.8) is 0 Å². The van der Waals surface area contributed by atoms with Crippen LogP contribution in [0.5, 0.6) is 0 Å². The van der Waals surface area contributed by atoms with Crippen LogP contribution < -0.4 is 5.32 Å². The summed E-state index contributed by atoms with van der Waals surface area (Å²) in [4.78, 5) is 17.2. The molecule has 2 saturated heterocycles. The van der Waals surface area contributed by atoms with E-state index in [1.54, 1.807) is 12.1 Å². The molecular formula is C19H26N4O. The maximum atomic E-state index is 12.8. The number of nitriles is 1. The Balaban J connectivity index is 1.64. The number of likely N-dealkylation sites (tertiary alicyclic amines) is 2. The largest absolute Gasteiger partial charge is 0.331 e. The summed E-state index contributed by atoms with van der Waals surface area (Å²) in [6.45, 7) is 5.02. The van der Waals surface area contributed by atoms with E-state index in [2.05, 4.69) is 28.2 Å². The van der Waals surface area contributed by atoms with Crippen LogP contribution in [0.4, 0.5) is 4.79 Å². The van der Waals surface area contributed by atoms with E-state index >= 15 is 0 Å². The summed E-state index contributed by atoms with van der Waals surface area (Å²) in [5, 5.41) is 12.0. The van der Waals surface area contributed by atoms with Gasteiger partial charge < -0.3 is 15.1 Å². The first-order valence-electron chi connectivity index (χ1n) is 8.84. The molecule has 2 aliphatic rings. The van der Waals surface area contributed by atoms with Gasteiger partial charge in [0.1, 0.15) is 0 Å². The molecule has 2 heterocycles. The highest BCUT2D eigenvalue weighted by Gasteiger charge is 2.37. The van der Waals surface area contributed by atoms with Gasteiger partial charge in [0.2, 0.25) is 0 Å². The van der Waals surface area contributed by atoms with E-state index in [1.807, 2.05) is 19.1 Å². The average molecular weight is 326 g/mol. The molecule has 2 amide bonds. The molecule has 0 saturated carbocycles.